The molecule has 126 valence electrons. The van der Waals surface area contributed by atoms with Gasteiger partial charge in [0.05, 0.1) is 10.2 Å². The molecule has 1 saturated carbocycles. The van der Waals surface area contributed by atoms with Crippen molar-refractivity contribution < 1.29 is 9.59 Å². The monoisotopic (exact) mass is 343 g/mol. The number of hydrogen-bond donors (Lipinski definition) is 0. The van der Waals surface area contributed by atoms with Gasteiger partial charge < -0.3 is 9.47 Å². The molecule has 0 unspecified atom stereocenters. The molecule has 2 aromatic rings. The first-order chi connectivity index (χ1) is 11.6. The van der Waals surface area contributed by atoms with E-state index in [4.69, 9.17) is 0 Å². The normalized spacial score (nSPS) is 19.9. The Hall–Kier alpha value is -1.95. The SMILES string of the molecule is Cn1c(=NC(=O)C2CCN(C(=O)C3CC3)CC2)sc2ccccc21. The van der Waals surface area contributed by atoms with Crippen LogP contribution in [0.15, 0.2) is 29.3 Å². The molecule has 24 heavy (non-hydrogen) atoms. The van der Waals surface area contributed by atoms with Crippen LogP contribution in [0.1, 0.15) is 25.7 Å². The van der Waals surface area contributed by atoms with Gasteiger partial charge in [0.2, 0.25) is 5.91 Å². The van der Waals surface area contributed by atoms with E-state index in [1.165, 1.54) is 0 Å². The first kappa shape index (κ1) is 15.6. The quantitative estimate of drug-likeness (QED) is 0.840. The molecule has 2 amide bonds. The van der Waals surface area contributed by atoms with Crippen molar-refractivity contribution in [1.29, 1.82) is 0 Å². The minimum absolute atomic E-state index is 0.0457. The molecule has 0 spiro atoms. The van der Waals surface area contributed by atoms with Crippen LogP contribution in [-0.4, -0.2) is 34.4 Å². The predicted molar refractivity (Wildman–Crippen MR) is 93.4 cm³/mol. The predicted octanol–water partition coefficient (Wildman–Crippen LogP) is 2.32. The lowest BCUT2D eigenvalue weighted by Gasteiger charge is -2.30. The fourth-order valence-corrected chi connectivity index (χ4v) is 4.33. The Morgan fingerprint density at radius 2 is 1.79 bits per heavy atom. The number of rotatable bonds is 2. The number of aryl methyl sites for hydroxylation is 1. The molecule has 1 aliphatic heterocycles. The van der Waals surface area contributed by atoms with Gasteiger partial charge in [-0.3, -0.25) is 9.59 Å². The lowest BCUT2D eigenvalue weighted by atomic mass is 9.96. The molecular weight excluding hydrogens is 322 g/mol. The summed E-state index contributed by atoms with van der Waals surface area (Å²) in [6.07, 6.45) is 3.54. The molecule has 4 rings (SSSR count). The van der Waals surface area contributed by atoms with Crippen LogP contribution in [0, 0.1) is 11.8 Å². The molecule has 2 aliphatic rings. The van der Waals surface area contributed by atoms with Crippen molar-refractivity contribution in [3.05, 3.63) is 29.1 Å². The van der Waals surface area contributed by atoms with E-state index < -0.39 is 0 Å². The van der Waals surface area contributed by atoms with Crippen molar-refractivity contribution in [1.82, 2.24) is 9.47 Å². The van der Waals surface area contributed by atoms with Gasteiger partial charge in [-0.05, 0) is 37.8 Å². The summed E-state index contributed by atoms with van der Waals surface area (Å²) in [5, 5.41) is 0. The summed E-state index contributed by atoms with van der Waals surface area (Å²) in [5.41, 5.74) is 1.10. The van der Waals surface area contributed by atoms with Crippen molar-refractivity contribution in [3.8, 4) is 0 Å². The first-order valence-corrected chi connectivity index (χ1v) is 9.37. The molecule has 2 heterocycles. The number of hydrogen-bond acceptors (Lipinski definition) is 3. The van der Waals surface area contributed by atoms with E-state index in [1.54, 1.807) is 11.3 Å². The van der Waals surface area contributed by atoms with Crippen molar-refractivity contribution in [2.45, 2.75) is 25.7 Å². The van der Waals surface area contributed by atoms with Gasteiger partial charge in [-0.15, -0.1) is 0 Å². The van der Waals surface area contributed by atoms with Gasteiger partial charge >= 0.3 is 0 Å². The minimum Gasteiger partial charge on any atom is -0.342 e. The van der Waals surface area contributed by atoms with Crippen LogP contribution >= 0.6 is 11.3 Å². The number of piperidine rings is 1. The molecule has 0 radical (unpaired) electrons. The third-order valence-corrected chi connectivity index (χ3v) is 6.12. The lowest BCUT2D eigenvalue weighted by Crippen LogP contribution is -2.41. The lowest BCUT2D eigenvalue weighted by molar-refractivity contribution is -0.136. The van der Waals surface area contributed by atoms with E-state index in [2.05, 4.69) is 4.99 Å². The molecule has 1 saturated heterocycles. The number of aromatic nitrogens is 1. The minimum atomic E-state index is -0.0570. The van der Waals surface area contributed by atoms with Gasteiger partial charge in [-0.1, -0.05) is 23.5 Å². The van der Waals surface area contributed by atoms with Gasteiger partial charge in [0, 0.05) is 32.0 Å². The zero-order valence-corrected chi connectivity index (χ0v) is 14.6. The van der Waals surface area contributed by atoms with Gasteiger partial charge in [0.1, 0.15) is 0 Å². The highest BCUT2D eigenvalue weighted by Crippen LogP contribution is 2.32. The van der Waals surface area contributed by atoms with Gasteiger partial charge in [0.25, 0.3) is 5.91 Å². The molecule has 1 aromatic carbocycles. The molecule has 0 atom stereocenters. The van der Waals surface area contributed by atoms with Gasteiger partial charge in [0.15, 0.2) is 4.80 Å². The van der Waals surface area contributed by atoms with E-state index >= 15 is 0 Å². The fraction of sp³-hybridized carbons (Fsp3) is 0.500. The highest BCUT2D eigenvalue weighted by Gasteiger charge is 2.35. The number of fused-ring (bicyclic) bond motifs is 1. The standard InChI is InChI=1S/C18H21N3O2S/c1-20-14-4-2-3-5-15(14)24-18(20)19-16(22)12-8-10-21(11-9-12)17(23)13-6-7-13/h2-5,12-13H,6-11H2,1H3. The maximum absolute atomic E-state index is 12.5. The third-order valence-electron chi connectivity index (χ3n) is 5.00. The number of para-hydroxylation sites is 1. The number of benzene rings is 1. The Bertz CT molecular complexity index is 855. The van der Waals surface area contributed by atoms with Crippen LogP contribution in [0.2, 0.25) is 0 Å². The highest BCUT2D eigenvalue weighted by molar-refractivity contribution is 7.16. The zero-order chi connectivity index (χ0) is 16.7. The van der Waals surface area contributed by atoms with Crippen molar-refractivity contribution in [3.63, 3.8) is 0 Å². The smallest absolute Gasteiger partial charge is 0.251 e. The summed E-state index contributed by atoms with van der Waals surface area (Å²) in [4.78, 5) is 31.7. The van der Waals surface area contributed by atoms with E-state index in [1.807, 2.05) is 40.8 Å². The van der Waals surface area contributed by atoms with Crippen molar-refractivity contribution in [2.75, 3.05) is 13.1 Å². The summed E-state index contributed by atoms with van der Waals surface area (Å²) in [6.45, 7) is 1.39. The summed E-state index contributed by atoms with van der Waals surface area (Å²) in [6, 6.07) is 8.08. The van der Waals surface area contributed by atoms with E-state index in [-0.39, 0.29) is 23.7 Å². The number of amides is 2. The van der Waals surface area contributed by atoms with Crippen LogP contribution in [0.3, 0.4) is 0 Å². The Morgan fingerprint density at radius 1 is 1.08 bits per heavy atom. The highest BCUT2D eigenvalue weighted by atomic mass is 32.1. The number of thiazole rings is 1. The Balaban J connectivity index is 1.48. The van der Waals surface area contributed by atoms with Gasteiger partial charge in [-0.25, -0.2) is 0 Å². The van der Waals surface area contributed by atoms with Crippen LogP contribution in [0.25, 0.3) is 10.2 Å². The van der Waals surface area contributed by atoms with E-state index in [0.717, 1.165) is 40.7 Å². The third kappa shape index (κ3) is 2.90. The summed E-state index contributed by atoms with van der Waals surface area (Å²) >= 11 is 1.54. The first-order valence-electron chi connectivity index (χ1n) is 8.55. The summed E-state index contributed by atoms with van der Waals surface area (Å²) < 4.78 is 3.11. The summed E-state index contributed by atoms with van der Waals surface area (Å²) in [7, 11) is 1.95. The fourth-order valence-electron chi connectivity index (χ4n) is 3.31. The van der Waals surface area contributed by atoms with Crippen LogP contribution in [0.4, 0.5) is 0 Å². The number of nitrogens with zero attached hydrogens (tertiary/aromatic N) is 3. The maximum Gasteiger partial charge on any atom is 0.251 e. The molecule has 2 fully saturated rings. The molecule has 1 aromatic heterocycles. The van der Waals surface area contributed by atoms with E-state index in [0.29, 0.717) is 13.1 Å². The number of likely N-dealkylation sites (tertiary alicyclic amines) is 1. The van der Waals surface area contributed by atoms with Crippen LogP contribution < -0.4 is 4.80 Å². The second kappa shape index (κ2) is 6.16. The molecule has 0 bridgehead atoms. The Kier molecular flexibility index (Phi) is 4.00. The molecule has 5 nitrogen and oxygen atoms in total. The Morgan fingerprint density at radius 3 is 2.46 bits per heavy atom. The molecular formula is C18H21N3O2S. The average Bonchev–Trinajstić information content (AvgIpc) is 3.41. The molecule has 6 heteroatoms. The maximum atomic E-state index is 12.5. The Labute approximate surface area is 144 Å². The van der Waals surface area contributed by atoms with Crippen LogP contribution in [0.5, 0.6) is 0 Å². The average molecular weight is 343 g/mol. The number of carbonyl (C=O) groups excluding carboxylic acids is 2. The molecule has 1 aliphatic carbocycles. The second-order valence-electron chi connectivity index (χ2n) is 6.74. The summed E-state index contributed by atoms with van der Waals surface area (Å²) in [5.74, 6) is 0.447. The zero-order valence-electron chi connectivity index (χ0n) is 13.8. The number of carbonyl (C=O) groups is 2. The van der Waals surface area contributed by atoms with E-state index in [9.17, 15) is 9.59 Å². The van der Waals surface area contributed by atoms with Crippen molar-refractivity contribution in [2.24, 2.45) is 23.9 Å². The van der Waals surface area contributed by atoms with Gasteiger partial charge in [-0.2, -0.15) is 4.99 Å². The largest absolute Gasteiger partial charge is 0.342 e. The second-order valence-corrected chi connectivity index (χ2v) is 7.74. The van der Waals surface area contributed by atoms with Crippen LogP contribution in [-0.2, 0) is 16.6 Å². The molecule has 0 N–H and O–H groups in total. The van der Waals surface area contributed by atoms with Crippen molar-refractivity contribution >= 4 is 33.4 Å². The topological polar surface area (TPSA) is 54.7 Å².